The molecule has 2 N–H and O–H groups in total. The molecule has 1 fully saturated rings. The van der Waals surface area contributed by atoms with Crippen LogP contribution in [0, 0.1) is 0 Å². The van der Waals surface area contributed by atoms with Gasteiger partial charge in [0.15, 0.2) is 0 Å². The Kier molecular flexibility index (Phi) is 6.21. The number of aryl methyl sites for hydroxylation is 1. The van der Waals surface area contributed by atoms with E-state index >= 15 is 0 Å². The molecule has 1 aliphatic rings. The molecule has 0 saturated carbocycles. The van der Waals surface area contributed by atoms with E-state index in [1.807, 2.05) is 21.6 Å². The molecule has 28 heavy (non-hydrogen) atoms. The molecule has 152 valence electrons. The lowest BCUT2D eigenvalue weighted by molar-refractivity contribution is -0.144. The van der Waals surface area contributed by atoms with Gasteiger partial charge >= 0.3 is 11.9 Å². The number of likely N-dealkylation sites (N-methyl/N-ethyl adjacent to an activating group) is 1. The topological polar surface area (TPSA) is 95.2 Å². The number of carboxylic acid groups (broad SMARTS) is 2. The van der Waals surface area contributed by atoms with Gasteiger partial charge < -0.3 is 24.4 Å². The van der Waals surface area contributed by atoms with Gasteiger partial charge in [0.1, 0.15) is 11.8 Å². The first-order valence-corrected chi connectivity index (χ1v) is 9.52. The number of aliphatic carboxylic acids is 2. The van der Waals surface area contributed by atoms with Gasteiger partial charge in [-0.25, -0.2) is 0 Å². The lowest BCUT2D eigenvalue weighted by atomic mass is 10.0. The van der Waals surface area contributed by atoms with E-state index in [4.69, 9.17) is 9.84 Å². The Balaban J connectivity index is 2.02. The highest BCUT2D eigenvalue weighted by atomic mass is 16.5. The van der Waals surface area contributed by atoms with Crippen LogP contribution in [-0.4, -0.2) is 76.4 Å². The smallest absolute Gasteiger partial charge is 0.325 e. The minimum atomic E-state index is -0.898. The molecule has 2 heterocycles. The molecular formula is C20H27N3O5. The first-order valence-electron chi connectivity index (χ1n) is 9.52. The fraction of sp³-hybridized carbons (Fsp3) is 0.500. The number of carbonyl (C=O) groups is 2. The van der Waals surface area contributed by atoms with Crippen molar-refractivity contribution in [3.8, 4) is 5.75 Å². The zero-order valence-corrected chi connectivity index (χ0v) is 16.3. The predicted octanol–water partition coefficient (Wildman–Crippen LogP) is 1.89. The van der Waals surface area contributed by atoms with Gasteiger partial charge in [-0.15, -0.1) is 0 Å². The van der Waals surface area contributed by atoms with Crippen LogP contribution in [0.4, 0.5) is 0 Å². The zero-order valence-electron chi connectivity index (χ0n) is 16.3. The lowest BCUT2D eigenvalue weighted by Gasteiger charge is -2.37. The number of carboxylic acids is 2. The Hall–Kier alpha value is -2.58. The molecule has 8 nitrogen and oxygen atoms in total. The van der Waals surface area contributed by atoms with Crippen molar-refractivity contribution >= 4 is 22.8 Å². The molecule has 1 aromatic heterocycles. The summed E-state index contributed by atoms with van der Waals surface area (Å²) < 4.78 is 7.16. The Bertz CT molecular complexity index is 855. The number of ether oxygens (including phenoxy) is 1. The monoisotopic (exact) mass is 389 g/mol. The van der Waals surface area contributed by atoms with Crippen molar-refractivity contribution in [2.45, 2.75) is 25.9 Å². The lowest BCUT2D eigenvalue weighted by Crippen LogP contribution is -2.49. The average molecular weight is 389 g/mol. The summed E-state index contributed by atoms with van der Waals surface area (Å²) in [7, 11) is 1.57. The first kappa shape index (κ1) is 20.2. The van der Waals surface area contributed by atoms with Crippen LogP contribution in [0.1, 0.15) is 24.9 Å². The van der Waals surface area contributed by atoms with E-state index in [-0.39, 0.29) is 13.0 Å². The van der Waals surface area contributed by atoms with E-state index in [1.54, 1.807) is 19.4 Å². The Morgan fingerprint density at radius 2 is 1.89 bits per heavy atom. The fourth-order valence-electron chi connectivity index (χ4n) is 3.87. The summed E-state index contributed by atoms with van der Waals surface area (Å²) in [5.74, 6) is -1.14. The molecule has 0 amide bonds. The van der Waals surface area contributed by atoms with Crippen LogP contribution in [0.5, 0.6) is 5.75 Å². The number of aromatic nitrogens is 1. The quantitative estimate of drug-likeness (QED) is 0.712. The number of benzene rings is 1. The largest absolute Gasteiger partial charge is 0.497 e. The summed E-state index contributed by atoms with van der Waals surface area (Å²) in [6.07, 6.45) is 1.76. The maximum Gasteiger partial charge on any atom is 0.325 e. The van der Waals surface area contributed by atoms with Crippen LogP contribution in [0.3, 0.4) is 0 Å². The van der Waals surface area contributed by atoms with Gasteiger partial charge in [-0.05, 0) is 24.7 Å². The second kappa shape index (κ2) is 8.62. The van der Waals surface area contributed by atoms with E-state index in [2.05, 4.69) is 11.8 Å². The second-order valence-corrected chi connectivity index (χ2v) is 7.02. The number of fused-ring (bicyclic) bond motifs is 1. The van der Waals surface area contributed by atoms with Gasteiger partial charge in [0, 0.05) is 55.4 Å². The minimum absolute atomic E-state index is 0.0256. The van der Waals surface area contributed by atoms with Crippen LogP contribution in [0.15, 0.2) is 24.4 Å². The maximum atomic E-state index is 12.2. The van der Waals surface area contributed by atoms with E-state index < -0.39 is 18.0 Å². The molecule has 1 aromatic carbocycles. The Labute approximate surface area is 163 Å². The Morgan fingerprint density at radius 3 is 2.46 bits per heavy atom. The number of hydrogen-bond donors (Lipinski definition) is 2. The van der Waals surface area contributed by atoms with Gasteiger partial charge in [0.05, 0.1) is 13.5 Å². The van der Waals surface area contributed by atoms with Crippen molar-refractivity contribution in [1.82, 2.24) is 14.4 Å². The van der Waals surface area contributed by atoms with Crippen molar-refractivity contribution in [1.29, 1.82) is 0 Å². The molecule has 8 heteroatoms. The van der Waals surface area contributed by atoms with E-state index in [0.29, 0.717) is 24.4 Å². The van der Waals surface area contributed by atoms with Gasteiger partial charge in [0.25, 0.3) is 0 Å². The maximum absolute atomic E-state index is 12.2. The molecule has 0 unspecified atom stereocenters. The highest BCUT2D eigenvalue weighted by Gasteiger charge is 2.32. The molecule has 0 radical (unpaired) electrons. The standard InChI is InChI=1S/C20H27N3O5/c1-3-21-8-10-22(11-9-21)19(20(26)27)16-13-23(7-6-18(24)25)17-5-4-14(28-2)12-15(16)17/h4-5,12-13,19H,3,6-11H2,1-2H3,(H,24,25)(H,26,27)/t19-/m1/s1. The van der Waals surface area contributed by atoms with Crippen LogP contribution in [-0.2, 0) is 16.1 Å². The van der Waals surface area contributed by atoms with Crippen LogP contribution in [0.2, 0.25) is 0 Å². The number of rotatable bonds is 8. The summed E-state index contributed by atoms with van der Waals surface area (Å²) in [6.45, 7) is 6.37. The predicted molar refractivity (Wildman–Crippen MR) is 105 cm³/mol. The minimum Gasteiger partial charge on any atom is -0.497 e. The van der Waals surface area contributed by atoms with Crippen molar-refractivity contribution in [2.75, 3.05) is 39.8 Å². The van der Waals surface area contributed by atoms with Crippen molar-refractivity contribution < 1.29 is 24.5 Å². The third-order valence-corrected chi connectivity index (χ3v) is 5.43. The number of methoxy groups -OCH3 is 1. The van der Waals surface area contributed by atoms with E-state index in [0.717, 1.165) is 30.5 Å². The zero-order chi connectivity index (χ0) is 20.3. The second-order valence-electron chi connectivity index (χ2n) is 7.02. The molecule has 0 spiro atoms. The average Bonchev–Trinajstić information content (AvgIpc) is 3.04. The Morgan fingerprint density at radius 1 is 1.18 bits per heavy atom. The van der Waals surface area contributed by atoms with Gasteiger partial charge in [-0.2, -0.15) is 0 Å². The van der Waals surface area contributed by atoms with Gasteiger partial charge in [-0.3, -0.25) is 14.5 Å². The molecule has 0 bridgehead atoms. The number of nitrogens with zero attached hydrogens (tertiary/aromatic N) is 3. The highest BCUT2D eigenvalue weighted by Crippen LogP contribution is 2.33. The SMILES string of the molecule is CCN1CCN([C@@H](C(=O)O)c2cn(CCC(=O)O)c3ccc(OC)cc23)CC1. The molecule has 2 aromatic rings. The number of hydrogen-bond acceptors (Lipinski definition) is 5. The highest BCUT2D eigenvalue weighted by molar-refractivity contribution is 5.90. The summed E-state index contributed by atoms with van der Waals surface area (Å²) in [4.78, 5) is 27.5. The van der Waals surface area contributed by atoms with Crippen LogP contribution in [0.25, 0.3) is 10.9 Å². The van der Waals surface area contributed by atoms with Crippen LogP contribution >= 0.6 is 0 Å². The third-order valence-electron chi connectivity index (χ3n) is 5.43. The van der Waals surface area contributed by atoms with Crippen molar-refractivity contribution in [3.63, 3.8) is 0 Å². The summed E-state index contributed by atoms with van der Waals surface area (Å²) in [5, 5.41) is 19.9. The van der Waals surface area contributed by atoms with E-state index in [1.165, 1.54) is 0 Å². The normalized spacial score (nSPS) is 16.9. The molecule has 0 aliphatic carbocycles. The van der Waals surface area contributed by atoms with Gasteiger partial charge in [-0.1, -0.05) is 6.92 Å². The third kappa shape index (κ3) is 4.13. The van der Waals surface area contributed by atoms with E-state index in [9.17, 15) is 14.7 Å². The summed E-state index contributed by atoms with van der Waals surface area (Å²) in [6, 6.07) is 4.71. The molecular weight excluding hydrogens is 362 g/mol. The van der Waals surface area contributed by atoms with Crippen molar-refractivity contribution in [2.24, 2.45) is 0 Å². The first-order chi connectivity index (χ1) is 13.4. The molecule has 1 atom stereocenters. The molecule has 3 rings (SSSR count). The van der Waals surface area contributed by atoms with Crippen molar-refractivity contribution in [3.05, 3.63) is 30.0 Å². The van der Waals surface area contributed by atoms with Crippen LogP contribution < -0.4 is 4.74 Å². The summed E-state index contributed by atoms with van der Waals surface area (Å²) >= 11 is 0. The fourth-order valence-corrected chi connectivity index (χ4v) is 3.87. The molecule has 1 saturated heterocycles. The number of piperazine rings is 1. The summed E-state index contributed by atoms with van der Waals surface area (Å²) in [5.41, 5.74) is 1.49. The van der Waals surface area contributed by atoms with Gasteiger partial charge in [0.2, 0.25) is 0 Å². The molecule has 1 aliphatic heterocycles.